The highest BCUT2D eigenvalue weighted by Gasteiger charge is 2.15. The summed E-state index contributed by atoms with van der Waals surface area (Å²) in [5.74, 6) is -2.21. The number of nitrogens with one attached hydrogen (secondary N) is 2. The molecule has 0 heterocycles. The zero-order chi connectivity index (χ0) is 23.1. The normalized spacial score (nSPS) is 10.6. The number of hydrazone groups is 1. The van der Waals surface area contributed by atoms with E-state index in [1.165, 1.54) is 6.21 Å². The first kappa shape index (κ1) is 22.7. The molecule has 8 heteroatoms. The van der Waals surface area contributed by atoms with Crippen molar-refractivity contribution in [3.8, 4) is 5.75 Å². The van der Waals surface area contributed by atoms with Crippen LogP contribution >= 0.6 is 11.6 Å². The van der Waals surface area contributed by atoms with E-state index in [0.717, 1.165) is 11.1 Å². The Kier molecular flexibility index (Phi) is 7.36. The van der Waals surface area contributed by atoms with Gasteiger partial charge in [0.15, 0.2) is 0 Å². The van der Waals surface area contributed by atoms with Crippen LogP contribution in [0.4, 0.5) is 5.69 Å². The largest absolute Gasteiger partial charge is 0.422 e. The number of carbonyl (C=O) groups excluding carboxylic acids is 3. The van der Waals surface area contributed by atoms with E-state index in [1.54, 1.807) is 60.7 Å². The molecule has 0 aliphatic heterocycles. The molecule has 0 fully saturated rings. The fourth-order valence-corrected chi connectivity index (χ4v) is 3.12. The summed E-state index contributed by atoms with van der Waals surface area (Å²) in [7, 11) is 0. The summed E-state index contributed by atoms with van der Waals surface area (Å²) in [5.41, 5.74) is 5.23. The summed E-state index contributed by atoms with van der Waals surface area (Å²) < 4.78 is 5.41. The van der Waals surface area contributed by atoms with Crippen LogP contribution in [-0.4, -0.2) is 24.0 Å². The minimum atomic E-state index is -0.939. The topological polar surface area (TPSA) is 96.9 Å². The second-order valence-electron chi connectivity index (χ2n) is 6.94. The van der Waals surface area contributed by atoms with Crippen LogP contribution in [0.1, 0.15) is 27.0 Å². The van der Waals surface area contributed by atoms with Crippen LogP contribution in [0, 0.1) is 13.8 Å². The standard InChI is InChI=1S/C24H20ClN3O4/c1-15-11-16(2)13-18(12-15)27-22(29)23(30)28-26-14-17-7-3-6-10-21(17)32-24(31)19-8-4-5-9-20(19)25/h3-14H,1-2H3,(H,27,29)(H,28,30)/b26-14+. The Morgan fingerprint density at radius 3 is 2.28 bits per heavy atom. The number of carbonyl (C=O) groups is 3. The molecule has 0 saturated heterocycles. The summed E-state index contributed by atoms with van der Waals surface area (Å²) >= 11 is 6.04. The van der Waals surface area contributed by atoms with Gasteiger partial charge in [-0.3, -0.25) is 9.59 Å². The predicted molar refractivity (Wildman–Crippen MR) is 123 cm³/mol. The van der Waals surface area contributed by atoms with Crippen LogP contribution in [0.5, 0.6) is 5.75 Å². The molecule has 3 rings (SSSR count). The van der Waals surface area contributed by atoms with E-state index in [0.29, 0.717) is 11.3 Å². The van der Waals surface area contributed by atoms with Gasteiger partial charge in [-0.1, -0.05) is 41.9 Å². The molecular formula is C24H20ClN3O4. The van der Waals surface area contributed by atoms with Gasteiger partial charge in [0.1, 0.15) is 5.75 Å². The number of amides is 2. The van der Waals surface area contributed by atoms with Gasteiger partial charge in [-0.25, -0.2) is 10.2 Å². The molecule has 0 aliphatic rings. The van der Waals surface area contributed by atoms with Crippen molar-refractivity contribution in [3.63, 3.8) is 0 Å². The number of benzene rings is 3. The second-order valence-corrected chi connectivity index (χ2v) is 7.34. The van der Waals surface area contributed by atoms with Crippen LogP contribution in [0.3, 0.4) is 0 Å². The summed E-state index contributed by atoms with van der Waals surface area (Å²) in [6.07, 6.45) is 1.28. The monoisotopic (exact) mass is 449 g/mol. The minimum absolute atomic E-state index is 0.218. The van der Waals surface area contributed by atoms with E-state index in [4.69, 9.17) is 16.3 Å². The van der Waals surface area contributed by atoms with Gasteiger partial charge in [0, 0.05) is 11.3 Å². The quantitative estimate of drug-likeness (QED) is 0.200. The first-order valence-corrected chi connectivity index (χ1v) is 9.99. The van der Waals surface area contributed by atoms with Crippen molar-refractivity contribution in [2.75, 3.05) is 5.32 Å². The van der Waals surface area contributed by atoms with Crippen molar-refractivity contribution >= 4 is 41.3 Å². The Hall–Kier alpha value is -3.97. The number of hydrogen-bond donors (Lipinski definition) is 2. The fourth-order valence-electron chi connectivity index (χ4n) is 2.91. The summed E-state index contributed by atoms with van der Waals surface area (Å²) in [6.45, 7) is 3.78. The maximum atomic E-state index is 12.4. The Bertz CT molecular complexity index is 1190. The lowest BCUT2D eigenvalue weighted by atomic mass is 10.1. The summed E-state index contributed by atoms with van der Waals surface area (Å²) in [5, 5.41) is 6.59. The van der Waals surface area contributed by atoms with Crippen LogP contribution in [-0.2, 0) is 9.59 Å². The molecule has 7 nitrogen and oxygen atoms in total. The van der Waals surface area contributed by atoms with Crippen molar-refractivity contribution in [1.82, 2.24) is 5.43 Å². The number of halogens is 1. The molecule has 0 spiro atoms. The summed E-state index contributed by atoms with van der Waals surface area (Å²) in [6, 6.07) is 18.6. The third kappa shape index (κ3) is 6.02. The van der Waals surface area contributed by atoms with Crippen LogP contribution < -0.4 is 15.5 Å². The van der Waals surface area contributed by atoms with Crippen molar-refractivity contribution in [2.24, 2.45) is 5.10 Å². The first-order valence-electron chi connectivity index (χ1n) is 9.62. The molecule has 162 valence electrons. The lowest BCUT2D eigenvalue weighted by Crippen LogP contribution is -2.32. The van der Waals surface area contributed by atoms with E-state index in [2.05, 4.69) is 15.8 Å². The third-order valence-electron chi connectivity index (χ3n) is 4.27. The average Bonchev–Trinajstić information content (AvgIpc) is 2.74. The Morgan fingerprint density at radius 2 is 1.56 bits per heavy atom. The number of hydrogen-bond acceptors (Lipinski definition) is 5. The number of rotatable bonds is 5. The van der Waals surface area contributed by atoms with Gasteiger partial charge >= 0.3 is 17.8 Å². The molecule has 0 atom stereocenters. The van der Waals surface area contributed by atoms with E-state index in [9.17, 15) is 14.4 Å². The zero-order valence-electron chi connectivity index (χ0n) is 17.4. The molecular weight excluding hydrogens is 430 g/mol. The SMILES string of the molecule is Cc1cc(C)cc(NC(=O)C(=O)N/N=C/c2ccccc2OC(=O)c2ccccc2Cl)c1. The Balaban J connectivity index is 1.64. The highest BCUT2D eigenvalue weighted by atomic mass is 35.5. The number of nitrogens with zero attached hydrogens (tertiary/aromatic N) is 1. The minimum Gasteiger partial charge on any atom is -0.422 e. The van der Waals surface area contributed by atoms with Gasteiger partial charge in [-0.2, -0.15) is 5.10 Å². The van der Waals surface area contributed by atoms with Gasteiger partial charge in [0.2, 0.25) is 0 Å². The Labute approximate surface area is 190 Å². The molecule has 3 aromatic rings. The summed E-state index contributed by atoms with van der Waals surface area (Å²) in [4.78, 5) is 36.6. The van der Waals surface area contributed by atoms with Crippen LogP contribution in [0.15, 0.2) is 71.8 Å². The molecule has 0 radical (unpaired) electrons. The fraction of sp³-hybridized carbons (Fsp3) is 0.0833. The van der Waals surface area contributed by atoms with Crippen molar-refractivity contribution in [1.29, 1.82) is 0 Å². The van der Waals surface area contributed by atoms with Gasteiger partial charge in [0.05, 0.1) is 16.8 Å². The molecule has 32 heavy (non-hydrogen) atoms. The zero-order valence-corrected chi connectivity index (χ0v) is 18.1. The number of aryl methyl sites for hydroxylation is 2. The molecule has 0 bridgehead atoms. The van der Waals surface area contributed by atoms with Crippen LogP contribution in [0.2, 0.25) is 5.02 Å². The number of ether oxygens (including phenoxy) is 1. The molecule has 0 unspecified atom stereocenters. The van der Waals surface area contributed by atoms with Gasteiger partial charge in [-0.05, 0) is 61.4 Å². The smallest absolute Gasteiger partial charge is 0.345 e. The van der Waals surface area contributed by atoms with E-state index < -0.39 is 17.8 Å². The van der Waals surface area contributed by atoms with E-state index in [1.807, 2.05) is 19.9 Å². The highest BCUT2D eigenvalue weighted by molar-refractivity contribution is 6.39. The van der Waals surface area contributed by atoms with E-state index >= 15 is 0 Å². The average molecular weight is 450 g/mol. The Morgan fingerprint density at radius 1 is 0.906 bits per heavy atom. The maximum Gasteiger partial charge on any atom is 0.345 e. The van der Waals surface area contributed by atoms with Crippen molar-refractivity contribution in [3.05, 3.63) is 94.0 Å². The molecule has 0 aliphatic carbocycles. The molecule has 2 N–H and O–H groups in total. The molecule has 0 saturated carbocycles. The number of esters is 1. The van der Waals surface area contributed by atoms with Gasteiger partial charge < -0.3 is 10.1 Å². The number of anilines is 1. The predicted octanol–water partition coefficient (Wildman–Crippen LogP) is 4.26. The second kappa shape index (κ2) is 10.4. The van der Waals surface area contributed by atoms with Gasteiger partial charge in [0.25, 0.3) is 0 Å². The van der Waals surface area contributed by atoms with Crippen molar-refractivity contribution < 1.29 is 19.1 Å². The highest BCUT2D eigenvalue weighted by Crippen LogP contribution is 2.21. The van der Waals surface area contributed by atoms with E-state index in [-0.39, 0.29) is 16.3 Å². The van der Waals surface area contributed by atoms with Crippen molar-refractivity contribution in [2.45, 2.75) is 13.8 Å². The molecule has 0 aromatic heterocycles. The lowest BCUT2D eigenvalue weighted by molar-refractivity contribution is -0.136. The first-order chi connectivity index (χ1) is 15.3. The maximum absolute atomic E-state index is 12.4. The van der Waals surface area contributed by atoms with Gasteiger partial charge in [-0.15, -0.1) is 0 Å². The third-order valence-corrected chi connectivity index (χ3v) is 4.60. The number of para-hydroxylation sites is 1. The molecule has 3 aromatic carbocycles. The molecule has 2 amide bonds. The van der Waals surface area contributed by atoms with Crippen LogP contribution in [0.25, 0.3) is 0 Å². The lowest BCUT2D eigenvalue weighted by Gasteiger charge is -2.08.